The molecule has 0 aliphatic heterocycles. The van der Waals surface area contributed by atoms with E-state index in [4.69, 9.17) is 5.11 Å². The molecule has 0 unspecified atom stereocenters. The first-order valence-corrected chi connectivity index (χ1v) is 8.40. The SMILES string of the molecule is Cc1cc(Br)cc(-n2c(SCC(=O)O)nnc2C2CC2)c1. The van der Waals surface area contributed by atoms with Gasteiger partial charge in [-0.1, -0.05) is 27.7 Å². The van der Waals surface area contributed by atoms with Gasteiger partial charge in [-0.2, -0.15) is 0 Å². The molecule has 1 saturated carbocycles. The fourth-order valence-corrected chi connectivity index (χ4v) is 3.47. The van der Waals surface area contributed by atoms with Crippen LogP contribution in [0.3, 0.4) is 0 Å². The lowest BCUT2D eigenvalue weighted by Gasteiger charge is -2.11. The number of benzene rings is 1. The molecule has 0 saturated heterocycles. The van der Waals surface area contributed by atoms with Crippen molar-refractivity contribution in [3.05, 3.63) is 34.1 Å². The monoisotopic (exact) mass is 367 g/mol. The summed E-state index contributed by atoms with van der Waals surface area (Å²) in [5.41, 5.74) is 2.10. The molecule has 1 aliphatic rings. The van der Waals surface area contributed by atoms with Crippen LogP contribution < -0.4 is 0 Å². The fraction of sp³-hybridized carbons (Fsp3) is 0.357. The standard InChI is InChI=1S/C14H14BrN3O2S/c1-8-4-10(15)6-11(5-8)18-13(9-2-3-9)16-17-14(18)21-7-12(19)20/h4-6,9H,2-3,7H2,1H3,(H,19,20). The molecule has 0 radical (unpaired) electrons. The summed E-state index contributed by atoms with van der Waals surface area (Å²) in [4.78, 5) is 10.8. The van der Waals surface area contributed by atoms with Crippen molar-refractivity contribution in [3.8, 4) is 5.69 Å². The zero-order valence-corrected chi connectivity index (χ0v) is 13.8. The third-order valence-electron chi connectivity index (χ3n) is 3.21. The van der Waals surface area contributed by atoms with Gasteiger partial charge in [0.05, 0.1) is 11.4 Å². The topological polar surface area (TPSA) is 68.0 Å². The number of carboxylic acid groups (broad SMARTS) is 1. The Labute approximate surface area is 134 Å². The van der Waals surface area contributed by atoms with E-state index in [0.717, 1.165) is 34.4 Å². The lowest BCUT2D eigenvalue weighted by Crippen LogP contribution is -2.04. The molecule has 0 amide bonds. The summed E-state index contributed by atoms with van der Waals surface area (Å²) < 4.78 is 2.98. The quantitative estimate of drug-likeness (QED) is 0.820. The Morgan fingerprint density at radius 2 is 2.19 bits per heavy atom. The molecular formula is C14H14BrN3O2S. The van der Waals surface area contributed by atoms with E-state index in [1.165, 1.54) is 11.8 Å². The van der Waals surface area contributed by atoms with Crippen molar-refractivity contribution in [3.63, 3.8) is 0 Å². The zero-order valence-electron chi connectivity index (χ0n) is 11.4. The van der Waals surface area contributed by atoms with Gasteiger partial charge in [-0.25, -0.2) is 0 Å². The van der Waals surface area contributed by atoms with Crippen molar-refractivity contribution >= 4 is 33.7 Å². The van der Waals surface area contributed by atoms with Crippen LogP contribution in [0.2, 0.25) is 0 Å². The Kier molecular flexibility index (Phi) is 4.03. The van der Waals surface area contributed by atoms with Gasteiger partial charge in [-0.3, -0.25) is 9.36 Å². The van der Waals surface area contributed by atoms with Crippen LogP contribution in [0.25, 0.3) is 5.69 Å². The number of aromatic nitrogens is 3. The van der Waals surface area contributed by atoms with Crippen molar-refractivity contribution in [2.75, 3.05) is 5.75 Å². The van der Waals surface area contributed by atoms with Crippen LogP contribution in [-0.2, 0) is 4.79 Å². The van der Waals surface area contributed by atoms with E-state index >= 15 is 0 Å². The van der Waals surface area contributed by atoms with Crippen molar-refractivity contribution in [1.82, 2.24) is 14.8 Å². The maximum atomic E-state index is 10.8. The summed E-state index contributed by atoms with van der Waals surface area (Å²) in [5, 5.41) is 18.0. The minimum atomic E-state index is -0.854. The second-order valence-electron chi connectivity index (χ2n) is 5.12. The molecule has 0 atom stereocenters. The molecule has 0 bridgehead atoms. The first kappa shape index (κ1) is 14.6. The van der Waals surface area contributed by atoms with Crippen LogP contribution in [-0.4, -0.2) is 31.6 Å². The number of rotatable bonds is 5. The number of thioether (sulfide) groups is 1. The third-order valence-corrected chi connectivity index (χ3v) is 4.58. The van der Waals surface area contributed by atoms with Gasteiger partial charge in [0.1, 0.15) is 5.82 Å². The Morgan fingerprint density at radius 3 is 2.81 bits per heavy atom. The van der Waals surface area contributed by atoms with Crippen LogP contribution in [0, 0.1) is 6.92 Å². The highest BCUT2D eigenvalue weighted by atomic mass is 79.9. The van der Waals surface area contributed by atoms with Gasteiger partial charge in [0.25, 0.3) is 0 Å². The Balaban J connectivity index is 2.04. The van der Waals surface area contributed by atoms with Gasteiger partial charge < -0.3 is 5.11 Å². The molecule has 21 heavy (non-hydrogen) atoms. The number of aliphatic carboxylic acids is 1. The number of carbonyl (C=O) groups is 1. The smallest absolute Gasteiger partial charge is 0.313 e. The predicted octanol–water partition coefficient (Wildman–Crippen LogP) is 3.39. The van der Waals surface area contributed by atoms with E-state index in [1.807, 2.05) is 23.6 Å². The third kappa shape index (κ3) is 3.29. The molecule has 1 aromatic carbocycles. The highest BCUT2D eigenvalue weighted by Gasteiger charge is 2.31. The maximum Gasteiger partial charge on any atom is 0.313 e. The normalized spacial score (nSPS) is 14.4. The molecule has 0 spiro atoms. The molecule has 2 aromatic rings. The maximum absolute atomic E-state index is 10.8. The first-order valence-electron chi connectivity index (χ1n) is 6.62. The number of nitrogens with zero attached hydrogens (tertiary/aromatic N) is 3. The van der Waals surface area contributed by atoms with E-state index in [9.17, 15) is 4.79 Å². The molecule has 1 N–H and O–H groups in total. The summed E-state index contributed by atoms with van der Waals surface area (Å²) in [6.45, 7) is 2.03. The number of hydrogen-bond acceptors (Lipinski definition) is 4. The summed E-state index contributed by atoms with van der Waals surface area (Å²) in [6, 6.07) is 6.10. The van der Waals surface area contributed by atoms with E-state index in [-0.39, 0.29) is 5.75 Å². The van der Waals surface area contributed by atoms with Gasteiger partial charge in [0.2, 0.25) is 0 Å². The van der Waals surface area contributed by atoms with Gasteiger partial charge in [-0.15, -0.1) is 10.2 Å². The van der Waals surface area contributed by atoms with Crippen LogP contribution in [0.5, 0.6) is 0 Å². The predicted molar refractivity (Wildman–Crippen MR) is 84.1 cm³/mol. The molecule has 1 aliphatic carbocycles. The van der Waals surface area contributed by atoms with E-state index < -0.39 is 5.97 Å². The summed E-state index contributed by atoms with van der Waals surface area (Å²) >= 11 is 4.71. The van der Waals surface area contributed by atoms with Crippen LogP contribution in [0.4, 0.5) is 0 Å². The first-order chi connectivity index (χ1) is 10.0. The van der Waals surface area contributed by atoms with Gasteiger partial charge in [0.15, 0.2) is 5.16 Å². The molecule has 1 heterocycles. The van der Waals surface area contributed by atoms with Gasteiger partial charge in [-0.05, 0) is 43.5 Å². The Hall–Kier alpha value is -1.34. The average molecular weight is 368 g/mol. The van der Waals surface area contributed by atoms with Gasteiger partial charge >= 0.3 is 5.97 Å². The average Bonchev–Trinajstić information content (AvgIpc) is 3.15. The number of carboxylic acids is 1. The van der Waals surface area contributed by atoms with Gasteiger partial charge in [0, 0.05) is 10.4 Å². The highest BCUT2D eigenvalue weighted by Crippen LogP contribution is 2.41. The Morgan fingerprint density at radius 1 is 1.43 bits per heavy atom. The van der Waals surface area contributed by atoms with E-state index in [2.05, 4.69) is 32.2 Å². The second-order valence-corrected chi connectivity index (χ2v) is 6.98. The molecule has 1 fully saturated rings. The van der Waals surface area contributed by atoms with Crippen molar-refractivity contribution in [1.29, 1.82) is 0 Å². The zero-order chi connectivity index (χ0) is 15.0. The summed E-state index contributed by atoms with van der Waals surface area (Å²) in [6.07, 6.45) is 2.24. The summed E-state index contributed by atoms with van der Waals surface area (Å²) in [5.74, 6) is 0.500. The van der Waals surface area contributed by atoms with Crippen LogP contribution in [0.15, 0.2) is 27.8 Å². The highest BCUT2D eigenvalue weighted by molar-refractivity contribution is 9.10. The number of hydrogen-bond donors (Lipinski definition) is 1. The fourth-order valence-electron chi connectivity index (χ4n) is 2.20. The lowest BCUT2D eigenvalue weighted by atomic mass is 10.2. The summed E-state index contributed by atoms with van der Waals surface area (Å²) in [7, 11) is 0. The molecule has 5 nitrogen and oxygen atoms in total. The molecule has 3 rings (SSSR count). The largest absolute Gasteiger partial charge is 0.481 e. The van der Waals surface area contributed by atoms with Crippen molar-refractivity contribution in [2.45, 2.75) is 30.8 Å². The number of halogens is 1. The molecule has 110 valence electrons. The molecule has 7 heteroatoms. The van der Waals surface area contributed by atoms with E-state index in [1.54, 1.807) is 0 Å². The second kappa shape index (κ2) is 5.81. The number of aryl methyl sites for hydroxylation is 1. The Bertz CT molecular complexity index is 677. The van der Waals surface area contributed by atoms with Crippen LogP contribution in [0.1, 0.15) is 30.1 Å². The van der Waals surface area contributed by atoms with Crippen molar-refractivity contribution in [2.24, 2.45) is 0 Å². The van der Waals surface area contributed by atoms with E-state index in [0.29, 0.717) is 11.1 Å². The minimum Gasteiger partial charge on any atom is -0.481 e. The lowest BCUT2D eigenvalue weighted by molar-refractivity contribution is -0.133. The van der Waals surface area contributed by atoms with Crippen LogP contribution >= 0.6 is 27.7 Å². The molecule has 1 aromatic heterocycles. The minimum absolute atomic E-state index is 0.0181. The molecular weight excluding hydrogens is 354 g/mol. The van der Waals surface area contributed by atoms with Crippen molar-refractivity contribution < 1.29 is 9.90 Å².